The van der Waals surface area contributed by atoms with Crippen LogP contribution in [0.5, 0.6) is 5.75 Å². The first-order valence-electron chi connectivity index (χ1n) is 9.43. The molecule has 2 unspecified atom stereocenters. The highest BCUT2D eigenvalue weighted by Crippen LogP contribution is 2.19. The molecule has 1 aliphatic rings. The number of carbonyl (C=O) groups excluding carboxylic acids is 1. The zero-order valence-corrected chi connectivity index (χ0v) is 15.9. The molecular weight excluding hydrogens is 358 g/mol. The first-order chi connectivity index (χ1) is 13.5. The van der Waals surface area contributed by atoms with Gasteiger partial charge in [0.05, 0.1) is 6.10 Å². The van der Waals surface area contributed by atoms with Crippen molar-refractivity contribution in [2.24, 2.45) is 0 Å². The lowest BCUT2D eigenvalue weighted by Gasteiger charge is -2.25. The molecule has 2 aromatic rings. The number of nitrogens with zero attached hydrogens (tertiary/aromatic N) is 1. The van der Waals surface area contributed by atoms with Gasteiger partial charge in [-0.25, -0.2) is 4.79 Å². The Bertz CT molecular complexity index is 802. The van der Waals surface area contributed by atoms with Crippen LogP contribution < -0.4 is 4.74 Å². The van der Waals surface area contributed by atoms with E-state index in [-0.39, 0.29) is 18.4 Å². The smallest absolute Gasteiger partial charge is 0.326 e. The molecular formula is C22H25NO5. The van der Waals surface area contributed by atoms with Gasteiger partial charge in [-0.15, -0.1) is 0 Å². The SMILES string of the molecule is CN(C(=O)c1cccc(OCC2CCCO2)c1)C(Cc1ccccc1)C(=O)O. The van der Waals surface area contributed by atoms with Gasteiger partial charge in [-0.3, -0.25) is 4.79 Å². The number of benzene rings is 2. The minimum absolute atomic E-state index is 0.0873. The highest BCUT2D eigenvalue weighted by molar-refractivity contribution is 5.96. The number of carboxylic acids is 1. The maximum atomic E-state index is 12.9. The van der Waals surface area contributed by atoms with Crippen molar-refractivity contribution in [3.05, 3.63) is 65.7 Å². The fourth-order valence-corrected chi connectivity index (χ4v) is 3.26. The summed E-state index contributed by atoms with van der Waals surface area (Å²) in [4.78, 5) is 25.9. The van der Waals surface area contributed by atoms with E-state index >= 15 is 0 Å². The van der Waals surface area contributed by atoms with Crippen LogP contribution in [0.1, 0.15) is 28.8 Å². The zero-order chi connectivity index (χ0) is 19.9. The number of likely N-dealkylation sites (N-methyl/N-ethyl adjacent to an activating group) is 1. The second-order valence-corrected chi connectivity index (χ2v) is 6.93. The van der Waals surface area contributed by atoms with Crippen LogP contribution >= 0.6 is 0 Å². The Morgan fingerprint density at radius 1 is 1.21 bits per heavy atom. The van der Waals surface area contributed by atoms with Crippen molar-refractivity contribution in [3.63, 3.8) is 0 Å². The van der Waals surface area contributed by atoms with Crippen LogP contribution in [0.25, 0.3) is 0 Å². The summed E-state index contributed by atoms with van der Waals surface area (Å²) in [6, 6.07) is 15.2. The van der Waals surface area contributed by atoms with Gasteiger partial charge in [-0.1, -0.05) is 36.4 Å². The van der Waals surface area contributed by atoms with Crippen LogP contribution in [0.3, 0.4) is 0 Å². The lowest BCUT2D eigenvalue weighted by atomic mass is 10.0. The molecule has 1 aliphatic heterocycles. The second-order valence-electron chi connectivity index (χ2n) is 6.93. The zero-order valence-electron chi connectivity index (χ0n) is 15.9. The van der Waals surface area contributed by atoms with Crippen LogP contribution in [-0.2, 0) is 16.0 Å². The molecule has 0 spiro atoms. The van der Waals surface area contributed by atoms with Crippen LogP contribution in [0.2, 0.25) is 0 Å². The standard InChI is InChI=1S/C22H25NO5/c1-23(20(22(25)26)13-16-7-3-2-4-8-16)21(24)17-9-5-10-18(14-17)28-15-19-11-6-12-27-19/h2-5,7-10,14,19-20H,6,11-13,15H2,1H3,(H,25,26). The van der Waals surface area contributed by atoms with Crippen molar-refractivity contribution in [1.82, 2.24) is 4.90 Å². The van der Waals surface area contributed by atoms with Gasteiger partial charge in [-0.2, -0.15) is 0 Å². The predicted molar refractivity (Wildman–Crippen MR) is 105 cm³/mol. The number of aliphatic carboxylic acids is 1. The molecule has 1 fully saturated rings. The Morgan fingerprint density at radius 2 is 2.00 bits per heavy atom. The first-order valence-corrected chi connectivity index (χ1v) is 9.43. The fraction of sp³-hybridized carbons (Fsp3) is 0.364. The van der Waals surface area contributed by atoms with Crippen LogP contribution in [0, 0.1) is 0 Å². The maximum absolute atomic E-state index is 12.9. The molecule has 148 valence electrons. The predicted octanol–water partition coefficient (Wildman–Crippen LogP) is 3.01. The van der Waals surface area contributed by atoms with Crippen molar-refractivity contribution in [2.75, 3.05) is 20.3 Å². The van der Waals surface area contributed by atoms with Gasteiger partial charge in [0.2, 0.25) is 0 Å². The Hall–Kier alpha value is -2.86. The third-order valence-electron chi connectivity index (χ3n) is 4.89. The second kappa shape index (κ2) is 9.37. The van der Waals surface area contributed by atoms with Crippen LogP contribution in [-0.4, -0.2) is 54.3 Å². The van der Waals surface area contributed by atoms with Gasteiger partial charge in [-0.05, 0) is 36.6 Å². The van der Waals surface area contributed by atoms with Crippen molar-refractivity contribution in [3.8, 4) is 5.75 Å². The average molecular weight is 383 g/mol. The molecule has 28 heavy (non-hydrogen) atoms. The maximum Gasteiger partial charge on any atom is 0.326 e. The summed E-state index contributed by atoms with van der Waals surface area (Å²) in [6.45, 7) is 1.20. The summed E-state index contributed by atoms with van der Waals surface area (Å²) in [5, 5.41) is 9.63. The summed E-state index contributed by atoms with van der Waals surface area (Å²) in [6.07, 6.45) is 2.34. The minimum atomic E-state index is -1.04. The molecule has 2 aromatic carbocycles. The van der Waals surface area contributed by atoms with Crippen molar-refractivity contribution in [2.45, 2.75) is 31.4 Å². The third-order valence-corrected chi connectivity index (χ3v) is 4.89. The topological polar surface area (TPSA) is 76.1 Å². The molecule has 2 atom stereocenters. The molecule has 1 N–H and O–H groups in total. The van der Waals surface area contributed by atoms with Crippen molar-refractivity contribution >= 4 is 11.9 Å². The Morgan fingerprint density at radius 3 is 2.68 bits per heavy atom. The van der Waals surface area contributed by atoms with Crippen molar-refractivity contribution in [1.29, 1.82) is 0 Å². The van der Waals surface area contributed by atoms with E-state index in [4.69, 9.17) is 9.47 Å². The number of hydrogen-bond donors (Lipinski definition) is 1. The van der Waals surface area contributed by atoms with E-state index in [1.165, 1.54) is 11.9 Å². The number of rotatable bonds is 8. The molecule has 0 aromatic heterocycles. The Kier molecular flexibility index (Phi) is 6.66. The minimum Gasteiger partial charge on any atom is -0.491 e. The van der Waals surface area contributed by atoms with E-state index in [0.717, 1.165) is 25.0 Å². The molecule has 3 rings (SSSR count). The summed E-state index contributed by atoms with van der Waals surface area (Å²) in [7, 11) is 1.52. The molecule has 1 saturated heterocycles. The van der Waals surface area contributed by atoms with Gasteiger partial charge in [0.1, 0.15) is 18.4 Å². The largest absolute Gasteiger partial charge is 0.491 e. The highest BCUT2D eigenvalue weighted by atomic mass is 16.5. The van der Waals surface area contributed by atoms with Gasteiger partial charge in [0, 0.05) is 25.6 Å². The van der Waals surface area contributed by atoms with Crippen LogP contribution in [0.4, 0.5) is 0 Å². The van der Waals surface area contributed by atoms with Crippen molar-refractivity contribution < 1.29 is 24.2 Å². The molecule has 6 heteroatoms. The summed E-state index contributed by atoms with van der Waals surface area (Å²) < 4.78 is 11.3. The van der Waals surface area contributed by atoms with Gasteiger partial charge in [0.15, 0.2) is 0 Å². The lowest BCUT2D eigenvalue weighted by molar-refractivity contribution is -0.141. The molecule has 0 saturated carbocycles. The van der Waals surface area contributed by atoms with E-state index in [2.05, 4.69) is 0 Å². The average Bonchev–Trinajstić information content (AvgIpc) is 3.24. The van der Waals surface area contributed by atoms with E-state index in [1.807, 2.05) is 30.3 Å². The molecule has 0 bridgehead atoms. The molecule has 0 radical (unpaired) electrons. The van der Waals surface area contributed by atoms with Gasteiger partial charge in [0.25, 0.3) is 5.91 Å². The summed E-state index contributed by atoms with van der Waals surface area (Å²) in [5.41, 5.74) is 1.26. The highest BCUT2D eigenvalue weighted by Gasteiger charge is 2.27. The number of amides is 1. The molecule has 1 heterocycles. The third kappa shape index (κ3) is 5.10. The van der Waals surface area contributed by atoms with E-state index in [9.17, 15) is 14.7 Å². The lowest BCUT2D eigenvalue weighted by Crippen LogP contribution is -2.43. The summed E-state index contributed by atoms with van der Waals surface area (Å²) >= 11 is 0. The van der Waals surface area contributed by atoms with E-state index in [0.29, 0.717) is 17.9 Å². The number of carbonyl (C=O) groups is 2. The number of hydrogen-bond acceptors (Lipinski definition) is 4. The normalized spacial score (nSPS) is 17.1. The monoisotopic (exact) mass is 383 g/mol. The van der Waals surface area contributed by atoms with Gasteiger partial charge >= 0.3 is 5.97 Å². The summed E-state index contributed by atoms with van der Waals surface area (Å²) in [5.74, 6) is -0.818. The molecule has 6 nitrogen and oxygen atoms in total. The molecule has 1 amide bonds. The first kappa shape index (κ1) is 19.9. The van der Waals surface area contributed by atoms with Crippen LogP contribution in [0.15, 0.2) is 54.6 Å². The number of ether oxygens (including phenoxy) is 2. The Labute approximate surface area is 164 Å². The van der Waals surface area contributed by atoms with E-state index in [1.54, 1.807) is 24.3 Å². The quantitative estimate of drug-likeness (QED) is 0.758. The Balaban J connectivity index is 1.68. The molecule has 0 aliphatic carbocycles. The fourth-order valence-electron chi connectivity index (χ4n) is 3.26. The van der Waals surface area contributed by atoms with E-state index < -0.39 is 12.0 Å². The number of carboxylic acid groups (broad SMARTS) is 1. The van der Waals surface area contributed by atoms with Gasteiger partial charge < -0.3 is 19.5 Å².